The molecule has 1 aromatic carbocycles. The van der Waals surface area contributed by atoms with Crippen molar-refractivity contribution in [1.29, 1.82) is 0 Å². The second-order valence-corrected chi connectivity index (χ2v) is 9.03. The molecule has 1 aliphatic carbocycles. The summed E-state index contributed by atoms with van der Waals surface area (Å²) in [4.78, 5) is 26.9. The van der Waals surface area contributed by atoms with Gasteiger partial charge < -0.3 is 0 Å². The maximum absolute atomic E-state index is 13.3. The van der Waals surface area contributed by atoms with Crippen LogP contribution in [0.25, 0.3) is 0 Å². The Balaban J connectivity index is 1.45. The smallest absolute Gasteiger partial charge is 0.228 e. The number of carbonyl (C=O) groups is 1. The largest absolute Gasteiger partial charge is 0.296 e. The van der Waals surface area contributed by atoms with Gasteiger partial charge in [0, 0.05) is 30.8 Å². The molecule has 0 N–H and O–H groups in total. The fourth-order valence-electron chi connectivity index (χ4n) is 4.80. The van der Waals surface area contributed by atoms with E-state index in [1.54, 1.807) is 0 Å². The van der Waals surface area contributed by atoms with Crippen molar-refractivity contribution in [3.05, 3.63) is 52.7 Å². The Kier molecular flexibility index (Phi) is 5.27. The minimum Gasteiger partial charge on any atom is -0.296 e. The number of hydrogen-bond acceptors (Lipinski definition) is 4. The first-order valence-corrected chi connectivity index (χ1v) is 11.2. The number of anilines is 1. The summed E-state index contributed by atoms with van der Waals surface area (Å²) in [5, 5.41) is 0. The number of carbonyl (C=O) groups excluding carboxylic acids is 1. The maximum Gasteiger partial charge on any atom is 0.228 e. The molecule has 158 valence electrons. The summed E-state index contributed by atoms with van der Waals surface area (Å²) in [5.74, 6) is 2.31. The van der Waals surface area contributed by atoms with Crippen LogP contribution in [-0.4, -0.2) is 33.9 Å². The molecule has 5 nitrogen and oxygen atoms in total. The summed E-state index contributed by atoms with van der Waals surface area (Å²) < 4.78 is 13.3. The van der Waals surface area contributed by atoms with E-state index in [1.165, 1.54) is 25.0 Å². The van der Waals surface area contributed by atoms with Crippen molar-refractivity contribution in [3.8, 4) is 0 Å². The molecule has 2 aliphatic heterocycles. The summed E-state index contributed by atoms with van der Waals surface area (Å²) in [6, 6.07) is 6.89. The van der Waals surface area contributed by atoms with Crippen LogP contribution in [0.15, 0.2) is 24.3 Å². The van der Waals surface area contributed by atoms with Crippen molar-refractivity contribution >= 4 is 11.7 Å². The minimum atomic E-state index is -0.206. The molecule has 0 bridgehead atoms. The van der Waals surface area contributed by atoms with Gasteiger partial charge in [-0.3, -0.25) is 14.6 Å². The lowest BCUT2D eigenvalue weighted by atomic mass is 9.98. The zero-order valence-electron chi connectivity index (χ0n) is 17.6. The van der Waals surface area contributed by atoms with E-state index in [0.717, 1.165) is 73.8 Å². The number of aromatic nitrogens is 2. The lowest BCUT2D eigenvalue weighted by Gasteiger charge is -2.36. The van der Waals surface area contributed by atoms with Crippen LogP contribution in [0.1, 0.15) is 67.2 Å². The number of benzene rings is 1. The van der Waals surface area contributed by atoms with Crippen molar-refractivity contribution in [3.63, 3.8) is 0 Å². The molecular weight excluding hydrogens is 379 g/mol. The minimum absolute atomic E-state index is 0.132. The van der Waals surface area contributed by atoms with Crippen molar-refractivity contribution < 1.29 is 9.18 Å². The average molecular weight is 409 g/mol. The van der Waals surface area contributed by atoms with E-state index in [2.05, 4.69) is 11.8 Å². The fourth-order valence-corrected chi connectivity index (χ4v) is 4.80. The lowest BCUT2D eigenvalue weighted by molar-refractivity contribution is -0.119. The summed E-state index contributed by atoms with van der Waals surface area (Å²) in [7, 11) is 0. The van der Waals surface area contributed by atoms with E-state index < -0.39 is 0 Å². The Morgan fingerprint density at radius 1 is 1.07 bits per heavy atom. The zero-order chi connectivity index (χ0) is 20.7. The van der Waals surface area contributed by atoms with E-state index in [4.69, 9.17) is 9.97 Å². The molecule has 1 saturated carbocycles. The number of likely N-dealkylation sites (tertiary alicyclic amines) is 1. The number of nitrogens with zero attached hydrogens (tertiary/aromatic N) is 4. The Morgan fingerprint density at radius 2 is 1.87 bits per heavy atom. The fraction of sp³-hybridized carbons (Fsp3) is 0.542. The van der Waals surface area contributed by atoms with Gasteiger partial charge in [-0.1, -0.05) is 18.6 Å². The van der Waals surface area contributed by atoms with Crippen molar-refractivity contribution in [2.45, 2.75) is 64.5 Å². The Bertz CT molecular complexity index is 941. The highest BCUT2D eigenvalue weighted by Gasteiger charge is 2.35. The van der Waals surface area contributed by atoms with Crippen LogP contribution in [0.5, 0.6) is 0 Å². The van der Waals surface area contributed by atoms with Crippen LogP contribution in [0.3, 0.4) is 0 Å². The van der Waals surface area contributed by atoms with Crippen LogP contribution in [-0.2, 0) is 17.8 Å². The topological polar surface area (TPSA) is 49.3 Å². The van der Waals surface area contributed by atoms with Crippen molar-refractivity contribution in [1.82, 2.24) is 14.9 Å². The number of amides is 1. The van der Waals surface area contributed by atoms with Crippen molar-refractivity contribution in [2.24, 2.45) is 5.92 Å². The first kappa shape index (κ1) is 19.6. The highest BCUT2D eigenvalue weighted by atomic mass is 19.1. The Morgan fingerprint density at radius 3 is 2.63 bits per heavy atom. The maximum atomic E-state index is 13.3. The lowest BCUT2D eigenvalue weighted by Crippen LogP contribution is -2.39. The standard InChI is InChI=1S/C24H29FN4O/c1-16-20-11-12-22(30)29(15-18-5-6-18)24(20)27-23(26-16)21-4-2-3-13-28(21)14-17-7-9-19(25)10-8-17/h7-10,18,21H,2-6,11-15H2,1H3. The third kappa shape index (κ3) is 3.97. The molecule has 1 saturated heterocycles. The van der Waals surface area contributed by atoms with Crippen LogP contribution < -0.4 is 4.90 Å². The molecule has 3 aliphatic rings. The molecule has 3 heterocycles. The zero-order valence-corrected chi connectivity index (χ0v) is 17.6. The Labute approximate surface area is 177 Å². The third-order valence-corrected chi connectivity index (χ3v) is 6.70. The van der Waals surface area contributed by atoms with E-state index in [0.29, 0.717) is 12.3 Å². The molecule has 6 heteroatoms. The number of fused-ring (bicyclic) bond motifs is 1. The number of piperidine rings is 1. The van der Waals surface area contributed by atoms with E-state index in [1.807, 2.05) is 17.0 Å². The van der Waals surface area contributed by atoms with Gasteiger partial charge in [0.25, 0.3) is 0 Å². The molecule has 0 spiro atoms. The summed E-state index contributed by atoms with van der Waals surface area (Å²) in [6.07, 6.45) is 7.03. The molecule has 0 radical (unpaired) electrons. The molecule has 1 unspecified atom stereocenters. The van der Waals surface area contributed by atoms with Gasteiger partial charge in [-0.25, -0.2) is 14.4 Å². The van der Waals surface area contributed by atoms with Crippen molar-refractivity contribution in [2.75, 3.05) is 18.0 Å². The van der Waals surface area contributed by atoms with Gasteiger partial charge in [0.1, 0.15) is 17.5 Å². The number of hydrogen-bond donors (Lipinski definition) is 0. The van der Waals surface area contributed by atoms with E-state index in [-0.39, 0.29) is 17.8 Å². The monoisotopic (exact) mass is 408 g/mol. The summed E-state index contributed by atoms with van der Waals surface area (Å²) >= 11 is 0. The average Bonchev–Trinajstić information content (AvgIpc) is 3.56. The van der Waals surface area contributed by atoms with E-state index >= 15 is 0 Å². The Hall–Kier alpha value is -2.34. The van der Waals surface area contributed by atoms with Gasteiger partial charge in [-0.2, -0.15) is 0 Å². The quantitative estimate of drug-likeness (QED) is 0.738. The SMILES string of the molecule is Cc1nc(C2CCCCN2Cc2ccc(F)cc2)nc2c1CCC(=O)N2CC1CC1. The van der Waals surface area contributed by atoms with Gasteiger partial charge in [-0.15, -0.1) is 0 Å². The van der Waals surface area contributed by atoms with Gasteiger partial charge in [0.15, 0.2) is 0 Å². The third-order valence-electron chi connectivity index (χ3n) is 6.70. The second kappa shape index (κ2) is 8.06. The normalized spacial score (nSPS) is 22.3. The summed E-state index contributed by atoms with van der Waals surface area (Å²) in [6.45, 7) is 4.59. The van der Waals surface area contributed by atoms with Crippen LogP contribution in [0, 0.1) is 18.7 Å². The molecule has 1 aromatic heterocycles. The molecular formula is C24H29FN4O. The van der Waals surface area contributed by atoms with Crippen LogP contribution in [0.2, 0.25) is 0 Å². The van der Waals surface area contributed by atoms with Gasteiger partial charge in [0.2, 0.25) is 5.91 Å². The predicted octanol–water partition coefficient (Wildman–Crippen LogP) is 4.34. The molecule has 30 heavy (non-hydrogen) atoms. The first-order chi connectivity index (χ1) is 14.6. The van der Waals surface area contributed by atoms with Gasteiger partial charge in [-0.05, 0) is 69.2 Å². The molecule has 2 aromatic rings. The second-order valence-electron chi connectivity index (χ2n) is 9.03. The number of halogens is 1. The molecule has 1 atom stereocenters. The van der Waals surface area contributed by atoms with Crippen LogP contribution in [0.4, 0.5) is 10.2 Å². The molecule has 1 amide bonds. The molecule has 2 fully saturated rings. The van der Waals surface area contributed by atoms with E-state index in [9.17, 15) is 9.18 Å². The van der Waals surface area contributed by atoms with Crippen LogP contribution >= 0.6 is 0 Å². The highest BCUT2D eigenvalue weighted by molar-refractivity contribution is 5.95. The molecule has 5 rings (SSSR count). The van der Waals surface area contributed by atoms with Gasteiger partial charge in [0.05, 0.1) is 6.04 Å². The number of aryl methyl sites for hydroxylation is 1. The first-order valence-electron chi connectivity index (χ1n) is 11.2. The van der Waals surface area contributed by atoms with Gasteiger partial charge >= 0.3 is 0 Å². The highest BCUT2D eigenvalue weighted by Crippen LogP contribution is 2.37. The summed E-state index contributed by atoms with van der Waals surface area (Å²) in [5.41, 5.74) is 3.25. The predicted molar refractivity (Wildman–Crippen MR) is 114 cm³/mol. The number of rotatable bonds is 5.